The average Bonchev–Trinajstić information content (AvgIpc) is 2.27. The van der Waals surface area contributed by atoms with Crippen LogP contribution in [0.1, 0.15) is 29.8 Å². The molecular formula is C13H18BrNO2. The molecule has 17 heavy (non-hydrogen) atoms. The summed E-state index contributed by atoms with van der Waals surface area (Å²) in [5.74, 6) is -0.0712. The summed E-state index contributed by atoms with van der Waals surface area (Å²) >= 11 is 3.41. The molecule has 0 aliphatic rings. The van der Waals surface area contributed by atoms with E-state index in [1.807, 2.05) is 39.0 Å². The fraction of sp³-hybridized carbons (Fsp3) is 0.462. The van der Waals surface area contributed by atoms with Crippen molar-refractivity contribution < 1.29 is 9.53 Å². The average molecular weight is 300 g/mol. The quantitative estimate of drug-likeness (QED) is 0.849. The predicted molar refractivity (Wildman–Crippen MR) is 72.3 cm³/mol. The number of ether oxygens (including phenoxy) is 1. The number of carbonyl (C=O) groups is 1. The minimum absolute atomic E-state index is 0.0712. The molecule has 0 saturated carbocycles. The highest BCUT2D eigenvalue weighted by atomic mass is 79.9. The Morgan fingerprint density at radius 3 is 2.76 bits per heavy atom. The van der Waals surface area contributed by atoms with Crippen molar-refractivity contribution in [2.45, 2.75) is 26.9 Å². The van der Waals surface area contributed by atoms with E-state index in [4.69, 9.17) is 4.74 Å². The van der Waals surface area contributed by atoms with Gasteiger partial charge in [0.2, 0.25) is 0 Å². The molecule has 3 nitrogen and oxygen atoms in total. The van der Waals surface area contributed by atoms with E-state index in [-0.39, 0.29) is 12.0 Å². The van der Waals surface area contributed by atoms with E-state index in [0.29, 0.717) is 18.7 Å². The maximum absolute atomic E-state index is 11.8. The summed E-state index contributed by atoms with van der Waals surface area (Å²) in [6.07, 6.45) is 0.195. The number of amides is 1. The summed E-state index contributed by atoms with van der Waals surface area (Å²) in [6, 6.07) is 5.57. The van der Waals surface area contributed by atoms with E-state index < -0.39 is 0 Å². The number of nitrogens with one attached hydrogen (secondary N) is 1. The van der Waals surface area contributed by atoms with Gasteiger partial charge in [-0.1, -0.05) is 22.0 Å². The van der Waals surface area contributed by atoms with Crippen molar-refractivity contribution in [2.75, 3.05) is 13.2 Å². The lowest BCUT2D eigenvalue weighted by molar-refractivity contribution is 0.0746. The number of hydrogen-bond donors (Lipinski definition) is 1. The van der Waals surface area contributed by atoms with Crippen molar-refractivity contribution in [3.05, 3.63) is 33.8 Å². The third-order valence-electron chi connectivity index (χ3n) is 2.27. The molecule has 0 aliphatic carbocycles. The summed E-state index contributed by atoms with van der Waals surface area (Å²) in [6.45, 7) is 7.00. The summed E-state index contributed by atoms with van der Waals surface area (Å²) < 4.78 is 6.29. The second-order valence-corrected chi connectivity index (χ2v) is 4.99. The molecular weight excluding hydrogens is 282 g/mol. The van der Waals surface area contributed by atoms with Crippen LogP contribution < -0.4 is 5.32 Å². The van der Waals surface area contributed by atoms with Gasteiger partial charge in [-0.05, 0) is 38.5 Å². The van der Waals surface area contributed by atoms with Crippen LogP contribution in [-0.2, 0) is 4.74 Å². The Morgan fingerprint density at radius 2 is 2.18 bits per heavy atom. The molecule has 0 saturated heterocycles. The molecule has 0 aliphatic heterocycles. The lowest BCUT2D eigenvalue weighted by atomic mass is 10.1. The van der Waals surface area contributed by atoms with Gasteiger partial charge in [-0.2, -0.15) is 0 Å². The van der Waals surface area contributed by atoms with E-state index in [1.165, 1.54) is 0 Å². The largest absolute Gasteiger partial charge is 0.377 e. The van der Waals surface area contributed by atoms with Gasteiger partial charge in [0.15, 0.2) is 0 Å². The van der Waals surface area contributed by atoms with Gasteiger partial charge >= 0.3 is 0 Å². The molecule has 1 aromatic rings. The van der Waals surface area contributed by atoms with E-state index in [0.717, 1.165) is 10.0 Å². The molecule has 1 rings (SSSR count). The monoisotopic (exact) mass is 299 g/mol. The summed E-state index contributed by atoms with van der Waals surface area (Å²) in [7, 11) is 0. The van der Waals surface area contributed by atoms with Gasteiger partial charge in [0, 0.05) is 16.6 Å². The molecule has 0 atom stereocenters. The Kier molecular flexibility index (Phi) is 5.65. The molecule has 1 amide bonds. The van der Waals surface area contributed by atoms with E-state index in [1.54, 1.807) is 0 Å². The molecule has 4 heteroatoms. The highest BCUT2D eigenvalue weighted by molar-refractivity contribution is 9.10. The van der Waals surface area contributed by atoms with Crippen molar-refractivity contribution in [1.82, 2.24) is 5.32 Å². The number of rotatable bonds is 5. The first-order valence-corrected chi connectivity index (χ1v) is 6.46. The van der Waals surface area contributed by atoms with Crippen molar-refractivity contribution in [3.8, 4) is 0 Å². The van der Waals surface area contributed by atoms with Gasteiger partial charge in [0.25, 0.3) is 5.91 Å². The second-order valence-electron chi connectivity index (χ2n) is 4.14. The van der Waals surface area contributed by atoms with Crippen molar-refractivity contribution in [1.29, 1.82) is 0 Å². The summed E-state index contributed by atoms with van der Waals surface area (Å²) in [5.41, 5.74) is 1.77. The Balaban J connectivity index is 2.44. The molecule has 0 radical (unpaired) electrons. The molecule has 1 N–H and O–H groups in total. The van der Waals surface area contributed by atoms with E-state index in [9.17, 15) is 4.79 Å². The Hall–Kier alpha value is -0.870. The molecule has 0 aromatic heterocycles. The van der Waals surface area contributed by atoms with E-state index >= 15 is 0 Å². The standard InChI is InChI=1S/C13H18BrNO2/c1-9(2)17-7-6-15-13(16)11-5-4-10(3)12(14)8-11/h4-5,8-9H,6-7H2,1-3H3,(H,15,16). The van der Waals surface area contributed by atoms with Crippen LogP contribution in [0.2, 0.25) is 0 Å². The molecule has 1 aromatic carbocycles. The number of benzene rings is 1. The normalized spacial score (nSPS) is 10.6. The zero-order valence-corrected chi connectivity index (χ0v) is 12.0. The van der Waals surface area contributed by atoms with Crippen LogP contribution >= 0.6 is 15.9 Å². The van der Waals surface area contributed by atoms with Crippen LogP contribution in [0.3, 0.4) is 0 Å². The smallest absolute Gasteiger partial charge is 0.251 e. The Bertz CT molecular complexity index is 391. The first-order chi connectivity index (χ1) is 8.00. The summed E-state index contributed by atoms with van der Waals surface area (Å²) in [5, 5.41) is 2.82. The molecule has 0 heterocycles. The van der Waals surface area contributed by atoms with Crippen LogP contribution in [0.5, 0.6) is 0 Å². The van der Waals surface area contributed by atoms with Gasteiger partial charge in [0.1, 0.15) is 0 Å². The van der Waals surface area contributed by atoms with Gasteiger partial charge in [-0.3, -0.25) is 4.79 Å². The number of halogens is 1. The zero-order valence-electron chi connectivity index (χ0n) is 10.4. The number of aryl methyl sites for hydroxylation is 1. The highest BCUT2D eigenvalue weighted by Gasteiger charge is 2.06. The summed E-state index contributed by atoms with van der Waals surface area (Å²) in [4.78, 5) is 11.8. The SMILES string of the molecule is Cc1ccc(C(=O)NCCOC(C)C)cc1Br. The molecule has 0 spiro atoms. The molecule has 0 fully saturated rings. The fourth-order valence-corrected chi connectivity index (χ4v) is 1.67. The number of hydrogen-bond acceptors (Lipinski definition) is 2. The lowest BCUT2D eigenvalue weighted by Crippen LogP contribution is -2.28. The Labute approximate surface area is 111 Å². The lowest BCUT2D eigenvalue weighted by Gasteiger charge is -2.09. The fourth-order valence-electron chi connectivity index (χ4n) is 1.30. The van der Waals surface area contributed by atoms with Crippen molar-refractivity contribution in [3.63, 3.8) is 0 Å². The third kappa shape index (κ3) is 4.88. The number of carbonyl (C=O) groups excluding carboxylic acids is 1. The maximum atomic E-state index is 11.8. The minimum Gasteiger partial charge on any atom is -0.377 e. The maximum Gasteiger partial charge on any atom is 0.251 e. The third-order valence-corrected chi connectivity index (χ3v) is 3.13. The van der Waals surface area contributed by atoms with Gasteiger partial charge in [-0.15, -0.1) is 0 Å². The van der Waals surface area contributed by atoms with Crippen LogP contribution in [0.4, 0.5) is 0 Å². The highest BCUT2D eigenvalue weighted by Crippen LogP contribution is 2.17. The van der Waals surface area contributed by atoms with Crippen molar-refractivity contribution >= 4 is 21.8 Å². The second kappa shape index (κ2) is 6.77. The van der Waals surface area contributed by atoms with Crippen LogP contribution in [0.15, 0.2) is 22.7 Å². The molecule has 0 unspecified atom stereocenters. The first kappa shape index (κ1) is 14.2. The van der Waals surface area contributed by atoms with Crippen molar-refractivity contribution in [2.24, 2.45) is 0 Å². The first-order valence-electron chi connectivity index (χ1n) is 5.66. The van der Waals surface area contributed by atoms with Gasteiger partial charge in [-0.25, -0.2) is 0 Å². The van der Waals surface area contributed by atoms with Crippen LogP contribution in [0.25, 0.3) is 0 Å². The van der Waals surface area contributed by atoms with Crippen LogP contribution in [0, 0.1) is 6.92 Å². The van der Waals surface area contributed by atoms with E-state index in [2.05, 4.69) is 21.2 Å². The minimum atomic E-state index is -0.0712. The molecule has 0 bridgehead atoms. The van der Waals surface area contributed by atoms with Gasteiger partial charge in [0.05, 0.1) is 12.7 Å². The zero-order chi connectivity index (χ0) is 12.8. The van der Waals surface area contributed by atoms with Crippen LogP contribution in [-0.4, -0.2) is 25.2 Å². The molecule has 94 valence electrons. The topological polar surface area (TPSA) is 38.3 Å². The Morgan fingerprint density at radius 1 is 1.47 bits per heavy atom. The van der Waals surface area contributed by atoms with Gasteiger partial charge < -0.3 is 10.1 Å². The predicted octanol–water partition coefficient (Wildman–Crippen LogP) is 2.91.